The molecule has 0 N–H and O–H groups in total. The van der Waals surface area contributed by atoms with Gasteiger partial charge in [0.25, 0.3) is 0 Å². The molecule has 1 aliphatic heterocycles. The molecule has 0 spiro atoms. The Morgan fingerprint density at radius 2 is 2.25 bits per heavy atom. The fraction of sp³-hybridized carbons (Fsp3) is 0.562. The highest BCUT2D eigenvalue weighted by Crippen LogP contribution is 2.17. The first-order valence-electron chi connectivity index (χ1n) is 7.24. The van der Waals surface area contributed by atoms with E-state index in [1.54, 1.807) is 0 Å². The summed E-state index contributed by atoms with van der Waals surface area (Å²) in [5.74, 6) is -0.270. The van der Waals surface area contributed by atoms with Crippen LogP contribution >= 0.6 is 0 Å². The molecule has 0 amide bonds. The van der Waals surface area contributed by atoms with E-state index in [9.17, 15) is 4.79 Å². The molecule has 1 aromatic carbocycles. The Hall–Kier alpha value is -1.39. The fourth-order valence-electron chi connectivity index (χ4n) is 2.59. The van der Waals surface area contributed by atoms with Gasteiger partial charge in [0.1, 0.15) is 0 Å². The number of esters is 1. The van der Waals surface area contributed by atoms with Crippen LogP contribution in [0.25, 0.3) is 0 Å². The summed E-state index contributed by atoms with van der Waals surface area (Å²) in [6, 6.07) is 7.64. The van der Waals surface area contributed by atoms with Crippen LogP contribution in [0.15, 0.2) is 24.3 Å². The van der Waals surface area contributed by atoms with Crippen molar-refractivity contribution >= 4 is 5.97 Å². The van der Waals surface area contributed by atoms with Crippen molar-refractivity contribution in [2.45, 2.75) is 32.4 Å². The number of ether oxygens (including phenoxy) is 2. The summed E-state index contributed by atoms with van der Waals surface area (Å²) in [5.41, 5.74) is 1.67. The third-order valence-electron chi connectivity index (χ3n) is 3.75. The molecule has 0 bridgehead atoms. The van der Waals surface area contributed by atoms with Gasteiger partial charge in [0.05, 0.1) is 18.8 Å². The lowest BCUT2D eigenvalue weighted by Crippen LogP contribution is -2.32. The molecule has 1 aliphatic rings. The second kappa shape index (κ2) is 7.41. The summed E-state index contributed by atoms with van der Waals surface area (Å²) in [7, 11) is 1.42. The Morgan fingerprint density at radius 1 is 1.45 bits per heavy atom. The number of benzene rings is 1. The second-order valence-corrected chi connectivity index (χ2v) is 5.11. The molecule has 1 heterocycles. The highest BCUT2D eigenvalue weighted by molar-refractivity contribution is 5.90. The van der Waals surface area contributed by atoms with Gasteiger partial charge in [-0.25, -0.2) is 4.79 Å². The number of carbonyl (C=O) groups is 1. The van der Waals surface area contributed by atoms with E-state index >= 15 is 0 Å². The van der Waals surface area contributed by atoms with Crippen LogP contribution in [-0.2, 0) is 16.0 Å². The van der Waals surface area contributed by atoms with Gasteiger partial charge in [-0.3, -0.25) is 4.90 Å². The first-order chi connectivity index (χ1) is 9.74. The van der Waals surface area contributed by atoms with Crippen molar-refractivity contribution in [2.75, 3.05) is 26.8 Å². The van der Waals surface area contributed by atoms with E-state index in [1.165, 1.54) is 7.11 Å². The Balaban J connectivity index is 2.04. The van der Waals surface area contributed by atoms with Crippen LogP contribution < -0.4 is 0 Å². The number of hydrogen-bond acceptors (Lipinski definition) is 4. The van der Waals surface area contributed by atoms with Gasteiger partial charge >= 0.3 is 5.97 Å². The van der Waals surface area contributed by atoms with Gasteiger partial charge in [-0.05, 0) is 31.0 Å². The lowest BCUT2D eigenvalue weighted by molar-refractivity contribution is 0.0594. The number of hydrogen-bond donors (Lipinski definition) is 0. The van der Waals surface area contributed by atoms with Crippen LogP contribution in [0, 0.1) is 0 Å². The molecule has 0 radical (unpaired) electrons. The molecule has 0 saturated carbocycles. The van der Waals surface area contributed by atoms with Crippen molar-refractivity contribution in [3.8, 4) is 0 Å². The van der Waals surface area contributed by atoms with E-state index in [1.807, 2.05) is 24.3 Å². The number of carbonyl (C=O) groups excluding carboxylic acids is 1. The molecule has 0 aromatic heterocycles. The summed E-state index contributed by atoms with van der Waals surface area (Å²) in [4.78, 5) is 14.1. The summed E-state index contributed by atoms with van der Waals surface area (Å²) >= 11 is 0. The minimum Gasteiger partial charge on any atom is -0.465 e. The number of rotatable bonds is 6. The first-order valence-corrected chi connectivity index (χ1v) is 7.24. The molecule has 1 aromatic rings. The van der Waals surface area contributed by atoms with Crippen molar-refractivity contribution < 1.29 is 14.3 Å². The van der Waals surface area contributed by atoms with E-state index in [4.69, 9.17) is 9.47 Å². The zero-order valence-corrected chi connectivity index (χ0v) is 12.3. The molecule has 20 heavy (non-hydrogen) atoms. The summed E-state index contributed by atoms with van der Waals surface area (Å²) in [5, 5.41) is 0. The van der Waals surface area contributed by atoms with Crippen LogP contribution in [0.2, 0.25) is 0 Å². The van der Waals surface area contributed by atoms with Crippen LogP contribution in [-0.4, -0.2) is 43.8 Å². The van der Waals surface area contributed by atoms with Crippen molar-refractivity contribution in [3.05, 3.63) is 35.4 Å². The predicted molar refractivity (Wildman–Crippen MR) is 77.7 cm³/mol. The van der Waals surface area contributed by atoms with Gasteiger partial charge in [-0.2, -0.15) is 0 Å². The minimum absolute atomic E-state index is 0.270. The van der Waals surface area contributed by atoms with Crippen LogP contribution in [0.5, 0.6) is 0 Å². The molecule has 0 aliphatic carbocycles. The maximum Gasteiger partial charge on any atom is 0.338 e. The number of nitrogens with zero attached hydrogens (tertiary/aromatic N) is 1. The molecule has 2 rings (SSSR count). The third-order valence-corrected chi connectivity index (χ3v) is 3.75. The maximum absolute atomic E-state index is 11.8. The molecule has 1 atom stereocenters. The van der Waals surface area contributed by atoms with E-state index in [2.05, 4.69) is 11.8 Å². The maximum atomic E-state index is 11.8. The zero-order chi connectivity index (χ0) is 14.4. The molecule has 1 saturated heterocycles. The van der Waals surface area contributed by atoms with E-state index in [0.29, 0.717) is 11.7 Å². The van der Waals surface area contributed by atoms with Crippen molar-refractivity contribution in [1.82, 2.24) is 4.90 Å². The van der Waals surface area contributed by atoms with Crippen LogP contribution in [0.3, 0.4) is 0 Å². The van der Waals surface area contributed by atoms with E-state index in [0.717, 1.165) is 44.6 Å². The lowest BCUT2D eigenvalue weighted by atomic mass is 10.1. The average molecular weight is 277 g/mol. The summed E-state index contributed by atoms with van der Waals surface area (Å²) in [6.07, 6.45) is 2.62. The Labute approximate surface area is 120 Å². The second-order valence-electron chi connectivity index (χ2n) is 5.11. The smallest absolute Gasteiger partial charge is 0.338 e. The Morgan fingerprint density at radius 3 is 2.90 bits per heavy atom. The van der Waals surface area contributed by atoms with Crippen molar-refractivity contribution in [2.24, 2.45) is 0 Å². The van der Waals surface area contributed by atoms with Gasteiger partial charge in [-0.1, -0.05) is 25.1 Å². The number of methoxy groups -OCH3 is 1. The van der Waals surface area contributed by atoms with E-state index in [-0.39, 0.29) is 5.97 Å². The molecular formula is C16H23NO3. The van der Waals surface area contributed by atoms with Crippen molar-refractivity contribution in [3.63, 3.8) is 0 Å². The topological polar surface area (TPSA) is 38.8 Å². The summed E-state index contributed by atoms with van der Waals surface area (Å²) in [6.45, 7) is 5.62. The van der Waals surface area contributed by atoms with Crippen molar-refractivity contribution in [1.29, 1.82) is 0 Å². The third kappa shape index (κ3) is 3.81. The van der Waals surface area contributed by atoms with Gasteiger partial charge in [0, 0.05) is 19.7 Å². The average Bonchev–Trinajstić information content (AvgIpc) is 2.99. The van der Waals surface area contributed by atoms with Gasteiger partial charge in [0.15, 0.2) is 0 Å². The monoisotopic (exact) mass is 277 g/mol. The summed E-state index contributed by atoms with van der Waals surface area (Å²) < 4.78 is 10.5. The van der Waals surface area contributed by atoms with Gasteiger partial charge < -0.3 is 9.47 Å². The Bertz CT molecular complexity index is 441. The minimum atomic E-state index is -0.270. The highest BCUT2D eigenvalue weighted by Gasteiger charge is 2.20. The van der Waals surface area contributed by atoms with Gasteiger partial charge in [-0.15, -0.1) is 0 Å². The first kappa shape index (κ1) is 15.0. The lowest BCUT2D eigenvalue weighted by Gasteiger charge is -2.24. The standard InChI is InChI=1S/C16H23NO3/c1-3-17(12-14-8-6-10-20-14)11-13-7-4-5-9-15(13)16(18)19-2/h4-5,7,9,14H,3,6,8,10-12H2,1-2H3. The zero-order valence-electron chi connectivity index (χ0n) is 12.3. The fourth-order valence-corrected chi connectivity index (χ4v) is 2.59. The quantitative estimate of drug-likeness (QED) is 0.749. The predicted octanol–water partition coefficient (Wildman–Crippen LogP) is 2.47. The normalized spacial score (nSPS) is 18.4. The molecule has 1 fully saturated rings. The molecule has 110 valence electrons. The number of likely N-dealkylation sites (N-methyl/N-ethyl adjacent to an activating group) is 1. The SMILES string of the molecule is CCN(Cc1ccccc1C(=O)OC)CC1CCCO1. The molecule has 4 heteroatoms. The molecule has 1 unspecified atom stereocenters. The van der Waals surface area contributed by atoms with Gasteiger partial charge in [0.2, 0.25) is 0 Å². The molecular weight excluding hydrogens is 254 g/mol. The highest BCUT2D eigenvalue weighted by atomic mass is 16.5. The van der Waals surface area contributed by atoms with E-state index < -0.39 is 0 Å². The molecule has 4 nitrogen and oxygen atoms in total. The van der Waals surface area contributed by atoms with Crippen LogP contribution in [0.1, 0.15) is 35.7 Å². The van der Waals surface area contributed by atoms with Crippen LogP contribution in [0.4, 0.5) is 0 Å². The largest absolute Gasteiger partial charge is 0.465 e. The Kier molecular flexibility index (Phi) is 5.56.